The van der Waals surface area contributed by atoms with Gasteiger partial charge in [-0.25, -0.2) is 9.78 Å². The average molecular weight is 229 g/mol. The fourth-order valence-corrected chi connectivity index (χ4v) is 1.78. The van der Waals surface area contributed by atoms with Crippen molar-refractivity contribution in [3.8, 4) is 0 Å². The van der Waals surface area contributed by atoms with E-state index in [9.17, 15) is 4.79 Å². The number of piperazine rings is 1. The Hall–Kier alpha value is -0.910. The molecule has 0 spiro atoms. The Morgan fingerprint density at radius 3 is 2.93 bits per heavy atom. The quantitative estimate of drug-likeness (QED) is 0.738. The molecule has 0 saturated carbocycles. The van der Waals surface area contributed by atoms with Crippen molar-refractivity contribution in [3.63, 3.8) is 0 Å². The molecule has 1 aromatic rings. The molecule has 1 aromatic heterocycles. The van der Waals surface area contributed by atoms with E-state index in [1.165, 1.54) is 6.20 Å². The number of aromatic amines is 1. The van der Waals surface area contributed by atoms with E-state index in [0.29, 0.717) is 11.6 Å². The molecule has 0 atom stereocenters. The SMILES string of the molecule is O=c1ncc(Cl)c(CN2CCNCC2)[nH]1. The van der Waals surface area contributed by atoms with Gasteiger partial charge in [0.05, 0.1) is 16.9 Å². The summed E-state index contributed by atoms with van der Waals surface area (Å²) in [6, 6.07) is 0. The summed E-state index contributed by atoms with van der Waals surface area (Å²) < 4.78 is 0. The molecule has 6 heteroatoms. The van der Waals surface area contributed by atoms with Gasteiger partial charge in [-0.3, -0.25) is 4.90 Å². The van der Waals surface area contributed by atoms with Crippen LogP contribution in [0.5, 0.6) is 0 Å². The van der Waals surface area contributed by atoms with Crippen LogP contribution in [0.1, 0.15) is 5.69 Å². The van der Waals surface area contributed by atoms with Gasteiger partial charge in [0, 0.05) is 32.7 Å². The number of hydrogen-bond donors (Lipinski definition) is 2. The molecule has 0 bridgehead atoms. The summed E-state index contributed by atoms with van der Waals surface area (Å²) in [5, 5.41) is 3.79. The van der Waals surface area contributed by atoms with Crippen molar-refractivity contribution in [2.75, 3.05) is 26.2 Å². The molecule has 2 heterocycles. The Kier molecular flexibility index (Phi) is 3.35. The summed E-state index contributed by atoms with van der Waals surface area (Å²) in [5.74, 6) is 0. The molecular formula is C9H13ClN4O. The number of aromatic nitrogens is 2. The molecule has 1 fully saturated rings. The van der Waals surface area contributed by atoms with Crippen LogP contribution in [0.4, 0.5) is 0 Å². The zero-order valence-electron chi connectivity index (χ0n) is 8.29. The molecule has 0 aromatic carbocycles. The van der Waals surface area contributed by atoms with Gasteiger partial charge < -0.3 is 10.3 Å². The lowest BCUT2D eigenvalue weighted by Gasteiger charge is -2.27. The molecule has 5 nitrogen and oxygen atoms in total. The number of halogens is 1. The number of hydrogen-bond acceptors (Lipinski definition) is 4. The van der Waals surface area contributed by atoms with Gasteiger partial charge in [0.25, 0.3) is 0 Å². The summed E-state index contributed by atoms with van der Waals surface area (Å²) in [6.07, 6.45) is 1.40. The minimum absolute atomic E-state index is 0.343. The zero-order chi connectivity index (χ0) is 10.7. The Morgan fingerprint density at radius 2 is 2.20 bits per heavy atom. The topological polar surface area (TPSA) is 61.0 Å². The minimum Gasteiger partial charge on any atom is -0.314 e. The van der Waals surface area contributed by atoms with Crippen molar-refractivity contribution >= 4 is 11.6 Å². The lowest BCUT2D eigenvalue weighted by molar-refractivity contribution is 0.230. The van der Waals surface area contributed by atoms with E-state index in [-0.39, 0.29) is 5.69 Å². The second-order valence-electron chi connectivity index (χ2n) is 3.54. The predicted molar refractivity (Wildman–Crippen MR) is 58.0 cm³/mol. The molecule has 1 aliphatic heterocycles. The molecular weight excluding hydrogens is 216 g/mol. The molecule has 0 unspecified atom stereocenters. The summed E-state index contributed by atoms with van der Waals surface area (Å²) >= 11 is 5.94. The normalized spacial score (nSPS) is 17.9. The fourth-order valence-electron chi connectivity index (χ4n) is 1.62. The average Bonchev–Trinajstić information content (AvgIpc) is 2.25. The van der Waals surface area contributed by atoms with Gasteiger partial charge in [-0.2, -0.15) is 0 Å². The van der Waals surface area contributed by atoms with Gasteiger partial charge in [0.1, 0.15) is 0 Å². The van der Waals surface area contributed by atoms with Crippen LogP contribution in [0.3, 0.4) is 0 Å². The highest BCUT2D eigenvalue weighted by Gasteiger charge is 2.12. The Labute approximate surface area is 92.5 Å². The van der Waals surface area contributed by atoms with Crippen molar-refractivity contribution in [3.05, 3.63) is 27.4 Å². The van der Waals surface area contributed by atoms with E-state index >= 15 is 0 Å². The number of H-pyrrole nitrogens is 1. The maximum Gasteiger partial charge on any atom is 0.345 e. The fraction of sp³-hybridized carbons (Fsp3) is 0.556. The number of nitrogens with one attached hydrogen (secondary N) is 2. The second-order valence-corrected chi connectivity index (χ2v) is 3.95. The smallest absolute Gasteiger partial charge is 0.314 e. The molecule has 0 aliphatic carbocycles. The first-order valence-electron chi connectivity index (χ1n) is 4.92. The van der Waals surface area contributed by atoms with Crippen LogP contribution in [0.25, 0.3) is 0 Å². The molecule has 82 valence electrons. The van der Waals surface area contributed by atoms with Gasteiger partial charge in [0.15, 0.2) is 0 Å². The lowest BCUT2D eigenvalue weighted by atomic mass is 10.3. The second kappa shape index (κ2) is 4.74. The van der Waals surface area contributed by atoms with E-state index in [1.807, 2.05) is 0 Å². The van der Waals surface area contributed by atoms with Crippen LogP contribution in [0.2, 0.25) is 5.02 Å². The third-order valence-corrected chi connectivity index (χ3v) is 2.76. The standard InChI is InChI=1S/C9H13ClN4O/c10-7-5-12-9(15)13-8(7)6-14-3-1-11-2-4-14/h5,11H,1-4,6H2,(H,12,13,15). The van der Waals surface area contributed by atoms with Crippen LogP contribution in [-0.4, -0.2) is 41.0 Å². The van der Waals surface area contributed by atoms with E-state index in [0.717, 1.165) is 31.9 Å². The highest BCUT2D eigenvalue weighted by atomic mass is 35.5. The number of rotatable bonds is 2. The monoisotopic (exact) mass is 228 g/mol. The molecule has 2 rings (SSSR count). The van der Waals surface area contributed by atoms with Gasteiger partial charge in [-0.1, -0.05) is 11.6 Å². The maximum absolute atomic E-state index is 11.0. The first-order valence-corrected chi connectivity index (χ1v) is 5.30. The summed E-state index contributed by atoms with van der Waals surface area (Å²) in [6.45, 7) is 4.58. The molecule has 15 heavy (non-hydrogen) atoms. The van der Waals surface area contributed by atoms with E-state index in [1.54, 1.807) is 0 Å². The largest absolute Gasteiger partial charge is 0.345 e. The molecule has 1 saturated heterocycles. The molecule has 0 amide bonds. The van der Waals surface area contributed by atoms with Gasteiger partial charge in [0.2, 0.25) is 0 Å². The minimum atomic E-state index is -0.343. The van der Waals surface area contributed by atoms with E-state index < -0.39 is 0 Å². The van der Waals surface area contributed by atoms with Crippen molar-refractivity contribution in [1.82, 2.24) is 20.2 Å². The van der Waals surface area contributed by atoms with Crippen LogP contribution < -0.4 is 11.0 Å². The molecule has 1 aliphatic rings. The van der Waals surface area contributed by atoms with Crippen LogP contribution in [0, 0.1) is 0 Å². The van der Waals surface area contributed by atoms with E-state index in [4.69, 9.17) is 11.6 Å². The Bertz CT molecular complexity index is 386. The lowest BCUT2D eigenvalue weighted by Crippen LogP contribution is -2.43. The zero-order valence-corrected chi connectivity index (χ0v) is 9.05. The highest BCUT2D eigenvalue weighted by molar-refractivity contribution is 6.31. The third-order valence-electron chi connectivity index (χ3n) is 2.43. The number of nitrogens with zero attached hydrogens (tertiary/aromatic N) is 2. The van der Waals surface area contributed by atoms with Gasteiger partial charge >= 0.3 is 5.69 Å². The Balaban J connectivity index is 2.08. The van der Waals surface area contributed by atoms with Crippen LogP contribution in [0.15, 0.2) is 11.0 Å². The third kappa shape index (κ3) is 2.77. The van der Waals surface area contributed by atoms with Crippen molar-refractivity contribution in [2.24, 2.45) is 0 Å². The molecule has 0 radical (unpaired) electrons. The van der Waals surface area contributed by atoms with Crippen LogP contribution >= 0.6 is 11.6 Å². The van der Waals surface area contributed by atoms with Crippen molar-refractivity contribution in [2.45, 2.75) is 6.54 Å². The Morgan fingerprint density at radius 1 is 1.47 bits per heavy atom. The highest BCUT2D eigenvalue weighted by Crippen LogP contribution is 2.12. The maximum atomic E-state index is 11.0. The summed E-state index contributed by atoms with van der Waals surface area (Å²) in [7, 11) is 0. The van der Waals surface area contributed by atoms with E-state index in [2.05, 4.69) is 20.2 Å². The predicted octanol–water partition coefficient (Wildman–Crippen LogP) is -0.172. The van der Waals surface area contributed by atoms with Crippen molar-refractivity contribution < 1.29 is 0 Å². The van der Waals surface area contributed by atoms with Crippen LogP contribution in [-0.2, 0) is 6.54 Å². The molecule has 2 N–H and O–H groups in total. The summed E-state index contributed by atoms with van der Waals surface area (Å²) in [4.78, 5) is 19.5. The first-order chi connectivity index (χ1) is 7.25. The first kappa shape index (κ1) is 10.6. The van der Waals surface area contributed by atoms with Gasteiger partial charge in [-0.05, 0) is 0 Å². The van der Waals surface area contributed by atoms with Gasteiger partial charge in [-0.15, -0.1) is 0 Å². The van der Waals surface area contributed by atoms with Crippen molar-refractivity contribution in [1.29, 1.82) is 0 Å². The summed E-state index contributed by atoms with van der Waals surface area (Å²) in [5.41, 5.74) is 0.406.